The number of nitrogens with zero attached hydrogens (tertiary/aromatic N) is 6. The first kappa shape index (κ1) is 20.0. The van der Waals surface area contributed by atoms with E-state index in [4.69, 9.17) is 15.5 Å². The predicted molar refractivity (Wildman–Crippen MR) is 120 cm³/mol. The van der Waals surface area contributed by atoms with Crippen molar-refractivity contribution in [1.82, 2.24) is 29.9 Å². The number of piperazine rings is 1. The first-order chi connectivity index (χ1) is 15.2. The highest BCUT2D eigenvalue weighted by atomic mass is 16.5. The number of nitrogens with one attached hydrogen (secondary N) is 1. The highest BCUT2D eigenvalue weighted by molar-refractivity contribution is 5.60. The minimum Gasteiger partial charge on any atom is -0.459 e. The van der Waals surface area contributed by atoms with Gasteiger partial charge in [-0.05, 0) is 43.7 Å². The smallest absolute Gasteiger partial charge is 0.336 e. The number of anilines is 2. The van der Waals surface area contributed by atoms with Gasteiger partial charge in [-0.1, -0.05) is 12.5 Å². The van der Waals surface area contributed by atoms with Crippen LogP contribution in [0.1, 0.15) is 48.9 Å². The Morgan fingerprint density at radius 3 is 2.71 bits per heavy atom. The molecule has 3 aromatic heterocycles. The molecule has 31 heavy (non-hydrogen) atoms. The normalized spacial score (nSPS) is 17.9. The summed E-state index contributed by atoms with van der Waals surface area (Å²) in [4.78, 5) is 15.9. The Labute approximate surface area is 182 Å². The first-order valence-electron chi connectivity index (χ1n) is 11.3. The molecular weight excluding hydrogens is 392 g/mol. The van der Waals surface area contributed by atoms with Crippen molar-refractivity contribution >= 4 is 17.3 Å². The fourth-order valence-corrected chi connectivity index (χ4v) is 4.57. The molecule has 9 nitrogen and oxygen atoms in total. The maximum absolute atomic E-state index is 6.16. The summed E-state index contributed by atoms with van der Waals surface area (Å²) in [6, 6.07) is 2.54. The molecule has 0 aromatic carbocycles. The van der Waals surface area contributed by atoms with E-state index in [0.717, 1.165) is 56.1 Å². The van der Waals surface area contributed by atoms with Crippen molar-refractivity contribution in [1.29, 1.82) is 0 Å². The Morgan fingerprint density at radius 2 is 1.94 bits per heavy atom. The number of hydrogen-bond acceptors (Lipinski definition) is 8. The average Bonchev–Trinajstić information content (AvgIpc) is 3.18. The topological polar surface area (TPSA) is 106 Å². The quantitative estimate of drug-likeness (QED) is 0.644. The van der Waals surface area contributed by atoms with E-state index >= 15 is 0 Å². The molecule has 0 spiro atoms. The van der Waals surface area contributed by atoms with Crippen LogP contribution in [0.2, 0.25) is 0 Å². The number of ether oxygens (including phenoxy) is 1. The van der Waals surface area contributed by atoms with Crippen LogP contribution >= 0.6 is 0 Å². The molecule has 0 amide bonds. The van der Waals surface area contributed by atoms with E-state index in [0.29, 0.717) is 23.9 Å². The number of aromatic nitrogens is 5. The summed E-state index contributed by atoms with van der Waals surface area (Å²) >= 11 is 0. The van der Waals surface area contributed by atoms with Crippen LogP contribution in [0.15, 0.2) is 18.5 Å². The number of rotatable bonds is 5. The van der Waals surface area contributed by atoms with Crippen LogP contribution in [0.25, 0.3) is 5.65 Å². The summed E-state index contributed by atoms with van der Waals surface area (Å²) < 4.78 is 7.81. The minimum absolute atomic E-state index is 0.168. The van der Waals surface area contributed by atoms with Gasteiger partial charge in [-0.25, -0.2) is 14.5 Å². The van der Waals surface area contributed by atoms with E-state index in [1.165, 1.54) is 24.8 Å². The van der Waals surface area contributed by atoms with E-state index in [9.17, 15) is 0 Å². The molecule has 1 aliphatic heterocycles. The zero-order valence-electron chi connectivity index (χ0n) is 18.0. The number of imidazole rings is 1. The van der Waals surface area contributed by atoms with Crippen molar-refractivity contribution in [3.05, 3.63) is 35.3 Å². The second-order valence-electron chi connectivity index (χ2n) is 8.54. The average molecular weight is 423 g/mol. The van der Waals surface area contributed by atoms with Crippen LogP contribution in [-0.4, -0.2) is 56.8 Å². The van der Waals surface area contributed by atoms with E-state index < -0.39 is 0 Å². The van der Waals surface area contributed by atoms with Crippen LogP contribution in [0.4, 0.5) is 11.6 Å². The molecule has 0 atom stereocenters. The van der Waals surface area contributed by atoms with Gasteiger partial charge in [0.05, 0.1) is 11.9 Å². The zero-order chi connectivity index (χ0) is 21.2. The van der Waals surface area contributed by atoms with E-state index in [2.05, 4.69) is 38.3 Å². The number of pyridine rings is 1. The standard InChI is InChI=1S/C22H30N8O/c1-15-11-16(13-25-20(15)29-9-7-24-8-10-29)12-17-14-26-21-19(23)27-22(28-30(17)21)31-18-5-3-2-4-6-18/h11,13-14,18,24H,2-10,12H2,1H3,(H2,23,27,28). The van der Waals surface area contributed by atoms with Gasteiger partial charge in [0, 0.05) is 38.8 Å². The highest BCUT2D eigenvalue weighted by Crippen LogP contribution is 2.24. The fourth-order valence-electron chi connectivity index (χ4n) is 4.57. The maximum Gasteiger partial charge on any atom is 0.336 e. The molecule has 1 aliphatic carbocycles. The molecule has 3 N–H and O–H groups in total. The second kappa shape index (κ2) is 8.66. The summed E-state index contributed by atoms with van der Waals surface area (Å²) in [5.41, 5.74) is 9.96. The lowest BCUT2D eigenvalue weighted by Gasteiger charge is -2.29. The molecule has 2 aliphatic rings. The Balaban J connectivity index is 1.37. The number of nitrogen functional groups attached to an aromatic ring is 1. The van der Waals surface area contributed by atoms with Gasteiger partial charge in [0.2, 0.25) is 0 Å². The third-order valence-corrected chi connectivity index (χ3v) is 6.17. The lowest BCUT2D eigenvalue weighted by Crippen LogP contribution is -2.44. The van der Waals surface area contributed by atoms with Gasteiger partial charge in [-0.3, -0.25) is 0 Å². The minimum atomic E-state index is 0.168. The van der Waals surface area contributed by atoms with Crippen LogP contribution in [-0.2, 0) is 6.42 Å². The van der Waals surface area contributed by atoms with Crippen LogP contribution in [0.3, 0.4) is 0 Å². The molecule has 5 rings (SSSR count). The summed E-state index contributed by atoms with van der Waals surface area (Å²) in [5, 5.41) is 7.99. The first-order valence-corrected chi connectivity index (χ1v) is 11.3. The van der Waals surface area contributed by atoms with Crippen molar-refractivity contribution in [3.8, 4) is 6.01 Å². The van der Waals surface area contributed by atoms with Crippen LogP contribution < -0.4 is 20.7 Å². The van der Waals surface area contributed by atoms with E-state index in [-0.39, 0.29) is 6.10 Å². The van der Waals surface area contributed by atoms with E-state index in [1.807, 2.05) is 12.4 Å². The van der Waals surface area contributed by atoms with Crippen LogP contribution in [0, 0.1) is 6.92 Å². The van der Waals surface area contributed by atoms with Crippen molar-refractivity contribution in [2.24, 2.45) is 0 Å². The van der Waals surface area contributed by atoms with Gasteiger partial charge in [-0.2, -0.15) is 4.98 Å². The largest absolute Gasteiger partial charge is 0.459 e. The lowest BCUT2D eigenvalue weighted by molar-refractivity contribution is 0.140. The Morgan fingerprint density at radius 1 is 1.13 bits per heavy atom. The number of fused-ring (bicyclic) bond motifs is 1. The zero-order valence-corrected chi connectivity index (χ0v) is 18.0. The molecule has 4 heterocycles. The van der Waals surface area contributed by atoms with Gasteiger partial charge < -0.3 is 20.7 Å². The number of aryl methyl sites for hydroxylation is 1. The summed E-state index contributed by atoms with van der Waals surface area (Å²) in [6.45, 7) is 6.09. The van der Waals surface area contributed by atoms with Gasteiger partial charge >= 0.3 is 6.01 Å². The maximum atomic E-state index is 6.16. The molecule has 1 saturated carbocycles. The summed E-state index contributed by atoms with van der Waals surface area (Å²) in [7, 11) is 0. The van der Waals surface area contributed by atoms with Crippen molar-refractivity contribution in [2.45, 2.75) is 51.6 Å². The molecule has 0 radical (unpaired) electrons. The van der Waals surface area contributed by atoms with Crippen molar-refractivity contribution < 1.29 is 4.74 Å². The Hall–Kier alpha value is -2.94. The molecule has 2 fully saturated rings. The SMILES string of the molecule is Cc1cc(Cc2cnc3c(N)nc(OC4CCCCC4)nn23)cnc1N1CCNCC1. The third-order valence-electron chi connectivity index (χ3n) is 6.17. The van der Waals surface area contributed by atoms with Crippen molar-refractivity contribution in [3.63, 3.8) is 0 Å². The molecule has 1 saturated heterocycles. The monoisotopic (exact) mass is 422 g/mol. The van der Waals surface area contributed by atoms with Crippen molar-refractivity contribution in [2.75, 3.05) is 36.8 Å². The molecule has 164 valence electrons. The molecular formula is C22H30N8O. The third kappa shape index (κ3) is 4.27. The number of nitrogens with two attached hydrogens (primary N) is 1. The number of hydrogen-bond donors (Lipinski definition) is 2. The lowest BCUT2D eigenvalue weighted by atomic mass is 9.98. The molecule has 0 unspecified atom stereocenters. The molecule has 3 aromatic rings. The summed E-state index contributed by atoms with van der Waals surface area (Å²) in [5.74, 6) is 1.41. The molecule has 9 heteroatoms. The van der Waals surface area contributed by atoms with Crippen LogP contribution in [0.5, 0.6) is 6.01 Å². The Kier molecular flexibility index (Phi) is 5.59. The van der Waals surface area contributed by atoms with Gasteiger partial charge in [0.1, 0.15) is 11.9 Å². The van der Waals surface area contributed by atoms with Gasteiger partial charge in [0.15, 0.2) is 11.5 Å². The summed E-state index contributed by atoms with van der Waals surface area (Å²) in [6.07, 6.45) is 10.3. The van der Waals surface area contributed by atoms with Gasteiger partial charge in [0.25, 0.3) is 0 Å². The van der Waals surface area contributed by atoms with E-state index in [1.54, 1.807) is 4.52 Å². The van der Waals surface area contributed by atoms with Gasteiger partial charge in [-0.15, -0.1) is 5.10 Å². The second-order valence-corrected chi connectivity index (χ2v) is 8.54. The Bertz CT molecular complexity index is 1050. The highest BCUT2D eigenvalue weighted by Gasteiger charge is 2.19. The molecule has 0 bridgehead atoms. The predicted octanol–water partition coefficient (Wildman–Crippen LogP) is 2.12. The fraction of sp³-hybridized carbons (Fsp3) is 0.545.